The maximum Gasteiger partial charge on any atom is 0.328 e. The van der Waals surface area contributed by atoms with E-state index >= 15 is 0 Å². The Kier molecular flexibility index (Phi) is 4.21. The summed E-state index contributed by atoms with van der Waals surface area (Å²) in [4.78, 5) is 25.4. The molecule has 0 radical (unpaired) electrons. The molecule has 2 rings (SSSR count). The van der Waals surface area contributed by atoms with E-state index in [4.69, 9.17) is 0 Å². The maximum atomic E-state index is 12.4. The maximum absolute atomic E-state index is 12.4. The Labute approximate surface area is 119 Å². The molecule has 0 saturated carbocycles. The Morgan fingerprint density at radius 1 is 1.47 bits per heavy atom. The minimum Gasteiger partial charge on any atom is -0.467 e. The van der Waals surface area contributed by atoms with Crippen molar-refractivity contribution in [2.24, 2.45) is 0 Å². The van der Waals surface area contributed by atoms with E-state index in [1.165, 1.54) is 12.0 Å². The number of aliphatic hydroxyl groups is 1. The number of hydrogen-bond acceptors (Lipinski definition) is 4. The molecule has 6 heteroatoms. The standard InChI is InChI=1S/C13H14BrNO4/c1-19-13(18)11-6-10(16)7-15(11)12(17)8-3-2-4-9(14)5-8/h2-5,10-11,16H,6-7H2,1H3. The molecule has 1 N–H and O–H groups in total. The minimum absolute atomic E-state index is 0.144. The van der Waals surface area contributed by atoms with Crippen molar-refractivity contribution in [1.29, 1.82) is 0 Å². The summed E-state index contributed by atoms with van der Waals surface area (Å²) in [5.41, 5.74) is 0.470. The van der Waals surface area contributed by atoms with Crippen molar-refractivity contribution in [3.63, 3.8) is 0 Å². The van der Waals surface area contributed by atoms with Crippen LogP contribution in [0, 0.1) is 0 Å². The number of benzene rings is 1. The molecule has 1 heterocycles. The van der Waals surface area contributed by atoms with Gasteiger partial charge in [-0.15, -0.1) is 0 Å². The number of carbonyl (C=O) groups excluding carboxylic acids is 2. The van der Waals surface area contributed by atoms with Crippen LogP contribution in [0.25, 0.3) is 0 Å². The first-order chi connectivity index (χ1) is 9.02. The highest BCUT2D eigenvalue weighted by Crippen LogP contribution is 2.22. The highest BCUT2D eigenvalue weighted by molar-refractivity contribution is 9.10. The molecular weight excluding hydrogens is 314 g/mol. The van der Waals surface area contributed by atoms with Gasteiger partial charge in [0, 0.05) is 23.0 Å². The molecule has 1 aliphatic rings. The van der Waals surface area contributed by atoms with Gasteiger partial charge in [-0.2, -0.15) is 0 Å². The molecule has 0 aliphatic carbocycles. The van der Waals surface area contributed by atoms with Crippen molar-refractivity contribution < 1.29 is 19.4 Å². The minimum atomic E-state index is -0.716. The summed E-state index contributed by atoms with van der Waals surface area (Å²) in [6.07, 6.45) is -0.480. The number of aliphatic hydroxyl groups excluding tert-OH is 1. The van der Waals surface area contributed by atoms with Gasteiger partial charge in [0.15, 0.2) is 0 Å². The van der Waals surface area contributed by atoms with E-state index in [1.54, 1.807) is 18.2 Å². The van der Waals surface area contributed by atoms with Crippen molar-refractivity contribution >= 4 is 27.8 Å². The second-order valence-corrected chi connectivity index (χ2v) is 5.31. The van der Waals surface area contributed by atoms with Gasteiger partial charge in [0.1, 0.15) is 6.04 Å². The average Bonchev–Trinajstić information content (AvgIpc) is 2.79. The largest absolute Gasteiger partial charge is 0.467 e. The van der Waals surface area contributed by atoms with E-state index in [-0.39, 0.29) is 18.9 Å². The van der Waals surface area contributed by atoms with E-state index < -0.39 is 18.1 Å². The summed E-state index contributed by atoms with van der Waals surface area (Å²) >= 11 is 3.30. The van der Waals surface area contributed by atoms with Crippen LogP contribution in [-0.2, 0) is 9.53 Å². The van der Waals surface area contributed by atoms with Crippen molar-refractivity contribution in [2.45, 2.75) is 18.6 Å². The number of β-amino-alcohol motifs (C(OH)–C–C–N with tert-alkyl or cyclic N) is 1. The van der Waals surface area contributed by atoms with Gasteiger partial charge in [0.05, 0.1) is 13.2 Å². The smallest absolute Gasteiger partial charge is 0.328 e. The third-order valence-corrected chi connectivity index (χ3v) is 3.58. The number of esters is 1. The zero-order chi connectivity index (χ0) is 14.0. The molecule has 1 amide bonds. The zero-order valence-electron chi connectivity index (χ0n) is 10.4. The van der Waals surface area contributed by atoms with Crippen LogP contribution in [0.4, 0.5) is 0 Å². The normalized spacial score (nSPS) is 22.4. The van der Waals surface area contributed by atoms with Gasteiger partial charge in [-0.3, -0.25) is 4.79 Å². The fraction of sp³-hybridized carbons (Fsp3) is 0.385. The lowest BCUT2D eigenvalue weighted by atomic mass is 10.1. The van der Waals surface area contributed by atoms with Crippen LogP contribution in [-0.4, -0.2) is 47.7 Å². The summed E-state index contributed by atoms with van der Waals surface area (Å²) in [5, 5.41) is 9.65. The number of halogens is 1. The van der Waals surface area contributed by atoms with Crippen LogP contribution in [0.1, 0.15) is 16.8 Å². The van der Waals surface area contributed by atoms with E-state index in [0.717, 1.165) is 4.47 Å². The molecule has 5 nitrogen and oxygen atoms in total. The third-order valence-electron chi connectivity index (χ3n) is 3.08. The molecule has 102 valence electrons. The number of rotatable bonds is 2. The molecule has 19 heavy (non-hydrogen) atoms. The van der Waals surface area contributed by atoms with Crippen molar-refractivity contribution in [2.75, 3.05) is 13.7 Å². The SMILES string of the molecule is COC(=O)C1CC(O)CN1C(=O)c1cccc(Br)c1. The number of amides is 1. The summed E-state index contributed by atoms with van der Waals surface area (Å²) < 4.78 is 5.45. The van der Waals surface area contributed by atoms with Crippen LogP contribution >= 0.6 is 15.9 Å². The lowest BCUT2D eigenvalue weighted by Gasteiger charge is -2.22. The Morgan fingerprint density at radius 2 is 2.21 bits per heavy atom. The van der Waals surface area contributed by atoms with Gasteiger partial charge >= 0.3 is 5.97 Å². The lowest BCUT2D eigenvalue weighted by Crippen LogP contribution is -2.41. The molecule has 1 aromatic carbocycles. The van der Waals surface area contributed by atoms with E-state index in [9.17, 15) is 14.7 Å². The number of methoxy groups -OCH3 is 1. The number of likely N-dealkylation sites (tertiary alicyclic amines) is 1. The Balaban J connectivity index is 2.24. The fourth-order valence-electron chi connectivity index (χ4n) is 2.19. The number of hydrogen-bond donors (Lipinski definition) is 1. The number of carbonyl (C=O) groups is 2. The van der Waals surface area contributed by atoms with E-state index in [0.29, 0.717) is 5.56 Å². The molecule has 1 aliphatic heterocycles. The first-order valence-electron chi connectivity index (χ1n) is 5.85. The predicted molar refractivity (Wildman–Crippen MR) is 71.6 cm³/mol. The van der Waals surface area contributed by atoms with Gasteiger partial charge in [-0.05, 0) is 18.2 Å². The highest BCUT2D eigenvalue weighted by Gasteiger charge is 2.39. The topological polar surface area (TPSA) is 66.8 Å². The lowest BCUT2D eigenvalue weighted by molar-refractivity contribution is -0.145. The van der Waals surface area contributed by atoms with Crippen LogP contribution in [0.5, 0.6) is 0 Å². The number of ether oxygens (including phenoxy) is 1. The fourth-order valence-corrected chi connectivity index (χ4v) is 2.58. The Morgan fingerprint density at radius 3 is 2.84 bits per heavy atom. The molecule has 1 aromatic rings. The molecule has 1 fully saturated rings. The second kappa shape index (κ2) is 5.71. The van der Waals surface area contributed by atoms with Crippen molar-refractivity contribution in [3.8, 4) is 0 Å². The molecular formula is C13H14BrNO4. The van der Waals surface area contributed by atoms with Crippen LogP contribution in [0.3, 0.4) is 0 Å². The van der Waals surface area contributed by atoms with Crippen LogP contribution in [0.2, 0.25) is 0 Å². The van der Waals surface area contributed by atoms with Gasteiger partial charge in [-0.25, -0.2) is 4.79 Å². The van der Waals surface area contributed by atoms with Crippen molar-refractivity contribution in [1.82, 2.24) is 4.90 Å². The zero-order valence-corrected chi connectivity index (χ0v) is 12.0. The average molecular weight is 328 g/mol. The molecule has 2 unspecified atom stereocenters. The van der Waals surface area contributed by atoms with Crippen LogP contribution in [0.15, 0.2) is 28.7 Å². The van der Waals surface area contributed by atoms with Gasteiger partial charge in [0.2, 0.25) is 0 Å². The molecule has 0 spiro atoms. The summed E-state index contributed by atoms with van der Waals surface area (Å²) in [5.74, 6) is -0.784. The number of nitrogens with zero attached hydrogens (tertiary/aromatic N) is 1. The first kappa shape index (κ1) is 14.0. The summed E-state index contributed by atoms with van der Waals surface area (Å²) in [6.45, 7) is 0.144. The molecule has 2 atom stereocenters. The molecule has 1 saturated heterocycles. The summed E-state index contributed by atoms with van der Waals surface area (Å²) in [7, 11) is 1.27. The molecule has 0 bridgehead atoms. The van der Waals surface area contributed by atoms with Crippen molar-refractivity contribution in [3.05, 3.63) is 34.3 Å². The van der Waals surface area contributed by atoms with E-state index in [2.05, 4.69) is 20.7 Å². The quantitative estimate of drug-likeness (QED) is 0.829. The van der Waals surface area contributed by atoms with Gasteiger partial charge < -0.3 is 14.7 Å². The highest BCUT2D eigenvalue weighted by atomic mass is 79.9. The third kappa shape index (κ3) is 2.96. The van der Waals surface area contributed by atoms with E-state index in [1.807, 2.05) is 6.07 Å². The first-order valence-corrected chi connectivity index (χ1v) is 6.64. The Hall–Kier alpha value is -1.40. The monoisotopic (exact) mass is 327 g/mol. The van der Waals surface area contributed by atoms with Crippen LogP contribution < -0.4 is 0 Å². The van der Waals surface area contributed by atoms with Gasteiger partial charge in [-0.1, -0.05) is 22.0 Å². The predicted octanol–water partition coefficient (Wildman–Crippen LogP) is 1.20. The van der Waals surface area contributed by atoms with Gasteiger partial charge in [0.25, 0.3) is 5.91 Å². The second-order valence-electron chi connectivity index (χ2n) is 4.40. The summed E-state index contributed by atoms with van der Waals surface area (Å²) in [6, 6.07) is 6.20. The Bertz CT molecular complexity index is 505. The molecule has 0 aromatic heterocycles.